The summed E-state index contributed by atoms with van der Waals surface area (Å²) in [7, 11) is 1.92. The molecule has 21 heavy (non-hydrogen) atoms. The number of aryl methyl sites for hydroxylation is 3. The van der Waals surface area contributed by atoms with E-state index < -0.39 is 0 Å². The van der Waals surface area contributed by atoms with Crippen LogP contribution in [-0.4, -0.2) is 14.8 Å². The average Bonchev–Trinajstić information content (AvgIpc) is 2.94. The molecule has 0 radical (unpaired) electrons. The Kier molecular flexibility index (Phi) is 3.82. The van der Waals surface area contributed by atoms with Crippen LogP contribution in [0.2, 0.25) is 0 Å². The van der Waals surface area contributed by atoms with E-state index in [1.54, 1.807) is 11.3 Å². The first-order valence-electron chi connectivity index (χ1n) is 6.54. The third-order valence-electron chi connectivity index (χ3n) is 3.15. The van der Waals surface area contributed by atoms with Crippen LogP contribution in [0.5, 0.6) is 0 Å². The Morgan fingerprint density at radius 2 is 1.90 bits per heavy atom. The maximum absolute atomic E-state index is 4.71. The molecule has 0 saturated heterocycles. The van der Waals surface area contributed by atoms with Gasteiger partial charge in [-0.1, -0.05) is 28.1 Å². The van der Waals surface area contributed by atoms with Crippen LogP contribution in [0.15, 0.2) is 34.8 Å². The molecule has 0 atom stereocenters. The Morgan fingerprint density at radius 1 is 1.19 bits per heavy atom. The molecule has 6 heteroatoms. The van der Waals surface area contributed by atoms with Gasteiger partial charge in [-0.15, -0.1) is 11.3 Å². The SMILES string of the molecule is Cc1cc(Nc2nc(-c3ccc(Br)cc3)c(C)s2)n(C)n1. The second kappa shape index (κ2) is 5.61. The van der Waals surface area contributed by atoms with Crippen molar-refractivity contribution < 1.29 is 0 Å². The lowest BCUT2D eigenvalue weighted by Crippen LogP contribution is -1.98. The highest BCUT2D eigenvalue weighted by Crippen LogP contribution is 2.32. The number of anilines is 2. The van der Waals surface area contributed by atoms with Crippen LogP contribution in [0.4, 0.5) is 10.9 Å². The standard InChI is InChI=1S/C15H15BrN4S/c1-9-8-13(20(3)19-9)17-15-18-14(10(2)21-15)11-4-6-12(16)7-5-11/h4-8H,1-3H3,(H,17,18). The van der Waals surface area contributed by atoms with E-state index in [4.69, 9.17) is 4.98 Å². The molecule has 108 valence electrons. The van der Waals surface area contributed by atoms with E-state index in [1.807, 2.05) is 36.9 Å². The van der Waals surface area contributed by atoms with Gasteiger partial charge in [0, 0.05) is 28.0 Å². The fraction of sp³-hybridized carbons (Fsp3) is 0.200. The quantitative estimate of drug-likeness (QED) is 0.736. The molecule has 1 aromatic carbocycles. The molecule has 4 nitrogen and oxygen atoms in total. The molecule has 2 heterocycles. The third-order valence-corrected chi connectivity index (χ3v) is 4.57. The van der Waals surface area contributed by atoms with Gasteiger partial charge in [-0.2, -0.15) is 5.10 Å². The largest absolute Gasteiger partial charge is 0.316 e. The van der Waals surface area contributed by atoms with Gasteiger partial charge in [0.05, 0.1) is 11.4 Å². The first-order valence-corrected chi connectivity index (χ1v) is 8.15. The molecule has 3 aromatic rings. The maximum atomic E-state index is 4.71. The van der Waals surface area contributed by atoms with Crippen molar-refractivity contribution in [1.82, 2.24) is 14.8 Å². The topological polar surface area (TPSA) is 42.7 Å². The predicted octanol–water partition coefficient (Wildman–Crippen LogP) is 4.67. The number of aromatic nitrogens is 3. The van der Waals surface area contributed by atoms with Gasteiger partial charge in [0.25, 0.3) is 0 Å². The summed E-state index contributed by atoms with van der Waals surface area (Å²) in [5.41, 5.74) is 3.14. The van der Waals surface area contributed by atoms with Gasteiger partial charge in [0.1, 0.15) is 5.82 Å². The van der Waals surface area contributed by atoms with Gasteiger partial charge in [-0.3, -0.25) is 4.68 Å². The molecule has 0 unspecified atom stereocenters. The summed E-state index contributed by atoms with van der Waals surface area (Å²) in [6.07, 6.45) is 0. The molecular formula is C15H15BrN4S. The van der Waals surface area contributed by atoms with E-state index in [1.165, 1.54) is 4.88 Å². The summed E-state index contributed by atoms with van der Waals surface area (Å²) < 4.78 is 2.90. The minimum absolute atomic E-state index is 0.883. The van der Waals surface area contributed by atoms with Gasteiger partial charge in [-0.25, -0.2) is 4.98 Å². The average molecular weight is 363 g/mol. The van der Waals surface area contributed by atoms with Crippen LogP contribution in [0, 0.1) is 13.8 Å². The van der Waals surface area contributed by atoms with E-state index in [0.29, 0.717) is 0 Å². The van der Waals surface area contributed by atoms with Crippen LogP contribution in [-0.2, 0) is 7.05 Å². The molecule has 1 N–H and O–H groups in total. The lowest BCUT2D eigenvalue weighted by molar-refractivity contribution is 0.765. The molecule has 3 rings (SSSR count). The fourth-order valence-electron chi connectivity index (χ4n) is 2.16. The van der Waals surface area contributed by atoms with Gasteiger partial charge >= 0.3 is 0 Å². The predicted molar refractivity (Wildman–Crippen MR) is 91.2 cm³/mol. The molecule has 0 bridgehead atoms. The fourth-order valence-corrected chi connectivity index (χ4v) is 3.27. The van der Waals surface area contributed by atoms with Crippen molar-refractivity contribution in [3.63, 3.8) is 0 Å². The van der Waals surface area contributed by atoms with Crippen LogP contribution in [0.25, 0.3) is 11.3 Å². The first-order chi connectivity index (χ1) is 10.0. The lowest BCUT2D eigenvalue weighted by atomic mass is 10.1. The monoisotopic (exact) mass is 362 g/mol. The number of benzene rings is 1. The van der Waals surface area contributed by atoms with Crippen molar-refractivity contribution in [2.45, 2.75) is 13.8 Å². The molecule has 0 aliphatic rings. The van der Waals surface area contributed by atoms with Crippen molar-refractivity contribution in [1.29, 1.82) is 0 Å². The molecular weight excluding hydrogens is 348 g/mol. The van der Waals surface area contributed by atoms with Crippen LogP contribution >= 0.6 is 27.3 Å². The van der Waals surface area contributed by atoms with E-state index in [9.17, 15) is 0 Å². The summed E-state index contributed by atoms with van der Waals surface area (Å²) in [6, 6.07) is 10.2. The van der Waals surface area contributed by atoms with Crippen molar-refractivity contribution in [3.05, 3.63) is 45.4 Å². The highest BCUT2D eigenvalue weighted by molar-refractivity contribution is 9.10. The number of hydrogen-bond acceptors (Lipinski definition) is 4. The second-order valence-corrected chi connectivity index (χ2v) is 6.97. The smallest absolute Gasteiger partial charge is 0.189 e. The van der Waals surface area contributed by atoms with Gasteiger partial charge in [0.2, 0.25) is 0 Å². The molecule has 0 aliphatic carbocycles. The van der Waals surface area contributed by atoms with Crippen LogP contribution in [0.3, 0.4) is 0 Å². The van der Waals surface area contributed by atoms with Gasteiger partial charge < -0.3 is 5.32 Å². The van der Waals surface area contributed by atoms with E-state index in [2.05, 4.69) is 45.4 Å². The second-order valence-electron chi connectivity index (χ2n) is 4.85. The zero-order valence-electron chi connectivity index (χ0n) is 12.0. The highest BCUT2D eigenvalue weighted by atomic mass is 79.9. The Balaban J connectivity index is 1.91. The minimum atomic E-state index is 0.883. The van der Waals surface area contributed by atoms with E-state index in [0.717, 1.165) is 32.4 Å². The van der Waals surface area contributed by atoms with E-state index >= 15 is 0 Å². The number of nitrogens with zero attached hydrogens (tertiary/aromatic N) is 3. The normalized spacial score (nSPS) is 10.9. The number of halogens is 1. The Hall–Kier alpha value is -1.66. The van der Waals surface area contributed by atoms with Crippen molar-refractivity contribution in [3.8, 4) is 11.3 Å². The third kappa shape index (κ3) is 3.01. The van der Waals surface area contributed by atoms with Crippen molar-refractivity contribution in [2.75, 3.05) is 5.32 Å². The summed E-state index contributed by atoms with van der Waals surface area (Å²) >= 11 is 5.11. The lowest BCUT2D eigenvalue weighted by Gasteiger charge is -2.01. The first kappa shape index (κ1) is 14.3. The maximum Gasteiger partial charge on any atom is 0.189 e. The molecule has 2 aromatic heterocycles. The Labute approximate surface area is 136 Å². The van der Waals surface area contributed by atoms with Crippen LogP contribution < -0.4 is 5.32 Å². The molecule has 0 aliphatic heterocycles. The molecule has 0 fully saturated rings. The molecule has 0 amide bonds. The highest BCUT2D eigenvalue weighted by Gasteiger charge is 2.11. The minimum Gasteiger partial charge on any atom is -0.316 e. The molecule has 0 spiro atoms. The van der Waals surface area contributed by atoms with E-state index in [-0.39, 0.29) is 0 Å². The van der Waals surface area contributed by atoms with Crippen LogP contribution in [0.1, 0.15) is 10.6 Å². The van der Waals surface area contributed by atoms with Crippen molar-refractivity contribution in [2.24, 2.45) is 7.05 Å². The zero-order chi connectivity index (χ0) is 15.0. The zero-order valence-corrected chi connectivity index (χ0v) is 14.4. The number of hydrogen-bond donors (Lipinski definition) is 1. The summed E-state index contributed by atoms with van der Waals surface area (Å²) in [5.74, 6) is 0.948. The molecule has 0 saturated carbocycles. The summed E-state index contributed by atoms with van der Waals surface area (Å²) in [4.78, 5) is 5.90. The Morgan fingerprint density at radius 3 is 2.52 bits per heavy atom. The number of thiazole rings is 1. The summed E-state index contributed by atoms with van der Waals surface area (Å²) in [6.45, 7) is 4.07. The summed E-state index contributed by atoms with van der Waals surface area (Å²) in [5, 5.41) is 8.55. The van der Waals surface area contributed by atoms with Gasteiger partial charge in [0.15, 0.2) is 5.13 Å². The number of rotatable bonds is 3. The Bertz CT molecular complexity index is 774. The van der Waals surface area contributed by atoms with Crippen molar-refractivity contribution >= 4 is 38.2 Å². The van der Waals surface area contributed by atoms with Gasteiger partial charge in [-0.05, 0) is 26.0 Å². The number of nitrogens with one attached hydrogen (secondary N) is 1.